The Morgan fingerprint density at radius 3 is 3.20 bits per heavy atom. The highest BCUT2D eigenvalue weighted by Gasteiger charge is 2.38. The van der Waals surface area contributed by atoms with E-state index in [0.717, 1.165) is 13.0 Å². The van der Waals surface area contributed by atoms with Gasteiger partial charge in [0, 0.05) is 26.1 Å². The van der Waals surface area contributed by atoms with E-state index in [1.54, 1.807) is 11.3 Å². The van der Waals surface area contributed by atoms with Crippen LogP contribution in [0.15, 0.2) is 16.8 Å². The summed E-state index contributed by atoms with van der Waals surface area (Å²) in [5.74, 6) is 0. The molecule has 0 radical (unpaired) electrons. The van der Waals surface area contributed by atoms with Gasteiger partial charge in [-0.05, 0) is 29.3 Å². The fraction of sp³-hybridized carbons (Fsp3) is 0.636. The summed E-state index contributed by atoms with van der Waals surface area (Å²) in [5, 5.41) is 17.7. The van der Waals surface area contributed by atoms with Gasteiger partial charge >= 0.3 is 0 Å². The van der Waals surface area contributed by atoms with Gasteiger partial charge in [0.25, 0.3) is 0 Å². The van der Waals surface area contributed by atoms with E-state index >= 15 is 0 Å². The van der Waals surface area contributed by atoms with E-state index in [4.69, 9.17) is 4.74 Å². The lowest BCUT2D eigenvalue weighted by molar-refractivity contribution is -0.0262. The van der Waals surface area contributed by atoms with Gasteiger partial charge in [-0.25, -0.2) is 0 Å². The standard InChI is InChI=1S/C11H17NO2S/c1-9-11(13,3-4-14-9)8-12-6-10-2-5-15-7-10/h2,5,7,9,12-13H,3-4,6,8H2,1H3. The third kappa shape index (κ3) is 2.58. The molecule has 1 aliphatic heterocycles. The molecule has 2 rings (SSSR count). The number of rotatable bonds is 4. The molecule has 0 aliphatic carbocycles. The highest BCUT2D eigenvalue weighted by atomic mass is 32.1. The highest BCUT2D eigenvalue weighted by molar-refractivity contribution is 7.07. The largest absolute Gasteiger partial charge is 0.386 e. The Balaban J connectivity index is 1.78. The Hall–Kier alpha value is -0.420. The van der Waals surface area contributed by atoms with Crippen molar-refractivity contribution in [2.75, 3.05) is 13.2 Å². The minimum atomic E-state index is -0.685. The summed E-state index contributed by atoms with van der Waals surface area (Å²) >= 11 is 1.69. The number of nitrogens with one attached hydrogen (secondary N) is 1. The third-order valence-electron chi connectivity index (χ3n) is 3.00. The van der Waals surface area contributed by atoms with E-state index in [1.807, 2.05) is 6.92 Å². The molecule has 4 heteroatoms. The first kappa shape index (κ1) is 11.1. The first-order valence-electron chi connectivity index (χ1n) is 5.26. The summed E-state index contributed by atoms with van der Waals surface area (Å²) in [6.45, 7) is 4.01. The number of ether oxygens (including phenoxy) is 1. The Labute approximate surface area is 94.1 Å². The molecule has 1 aromatic rings. The second-order valence-corrected chi connectivity index (χ2v) is 4.88. The average molecular weight is 227 g/mol. The number of hydrogen-bond donors (Lipinski definition) is 2. The van der Waals surface area contributed by atoms with Crippen molar-refractivity contribution in [3.05, 3.63) is 22.4 Å². The predicted octanol–water partition coefficient (Wildman–Crippen LogP) is 1.38. The van der Waals surface area contributed by atoms with Crippen LogP contribution in [-0.2, 0) is 11.3 Å². The summed E-state index contributed by atoms with van der Waals surface area (Å²) in [4.78, 5) is 0. The SMILES string of the molecule is CC1OCCC1(O)CNCc1ccsc1. The molecule has 15 heavy (non-hydrogen) atoms. The van der Waals surface area contributed by atoms with Crippen molar-refractivity contribution in [1.29, 1.82) is 0 Å². The Bertz CT molecular complexity index is 302. The van der Waals surface area contributed by atoms with Gasteiger partial charge in [-0.15, -0.1) is 0 Å². The van der Waals surface area contributed by atoms with Crippen LogP contribution >= 0.6 is 11.3 Å². The molecule has 0 saturated carbocycles. The van der Waals surface area contributed by atoms with Gasteiger partial charge in [-0.1, -0.05) is 0 Å². The zero-order valence-corrected chi connectivity index (χ0v) is 9.72. The molecule has 2 unspecified atom stereocenters. The van der Waals surface area contributed by atoms with Gasteiger partial charge < -0.3 is 15.2 Å². The van der Waals surface area contributed by atoms with Crippen molar-refractivity contribution < 1.29 is 9.84 Å². The molecule has 2 N–H and O–H groups in total. The highest BCUT2D eigenvalue weighted by Crippen LogP contribution is 2.24. The van der Waals surface area contributed by atoms with E-state index in [1.165, 1.54) is 5.56 Å². The van der Waals surface area contributed by atoms with Crippen LogP contribution in [0, 0.1) is 0 Å². The maximum Gasteiger partial charge on any atom is 0.105 e. The van der Waals surface area contributed by atoms with Crippen molar-refractivity contribution in [2.45, 2.75) is 31.6 Å². The molecule has 84 valence electrons. The van der Waals surface area contributed by atoms with Crippen molar-refractivity contribution in [2.24, 2.45) is 0 Å². The van der Waals surface area contributed by atoms with Gasteiger partial charge in [0.1, 0.15) is 5.60 Å². The fourth-order valence-corrected chi connectivity index (χ4v) is 2.49. The fourth-order valence-electron chi connectivity index (χ4n) is 1.82. The number of thiophene rings is 1. The van der Waals surface area contributed by atoms with E-state index in [0.29, 0.717) is 13.2 Å². The predicted molar refractivity (Wildman–Crippen MR) is 61.0 cm³/mol. The first-order chi connectivity index (χ1) is 7.21. The zero-order valence-electron chi connectivity index (χ0n) is 8.90. The van der Waals surface area contributed by atoms with Gasteiger partial charge in [0.2, 0.25) is 0 Å². The Kier molecular flexibility index (Phi) is 3.41. The van der Waals surface area contributed by atoms with Crippen molar-refractivity contribution in [1.82, 2.24) is 5.32 Å². The average Bonchev–Trinajstić information content (AvgIpc) is 2.79. The molecule has 1 aliphatic rings. The summed E-state index contributed by atoms with van der Waals surface area (Å²) in [6, 6.07) is 2.09. The maximum absolute atomic E-state index is 10.2. The monoisotopic (exact) mass is 227 g/mol. The van der Waals surface area contributed by atoms with Gasteiger partial charge in [0.15, 0.2) is 0 Å². The van der Waals surface area contributed by atoms with Crippen molar-refractivity contribution in [3.8, 4) is 0 Å². The second-order valence-electron chi connectivity index (χ2n) is 4.10. The van der Waals surface area contributed by atoms with Crippen LogP contribution in [0.2, 0.25) is 0 Å². The lowest BCUT2D eigenvalue weighted by Gasteiger charge is -2.26. The normalized spacial score (nSPS) is 30.9. The minimum Gasteiger partial charge on any atom is -0.386 e. The summed E-state index contributed by atoms with van der Waals surface area (Å²) < 4.78 is 5.37. The van der Waals surface area contributed by atoms with Crippen LogP contribution in [0.5, 0.6) is 0 Å². The molecule has 1 fully saturated rings. The topological polar surface area (TPSA) is 41.5 Å². The first-order valence-corrected chi connectivity index (χ1v) is 6.21. The molecule has 0 bridgehead atoms. The molecular formula is C11H17NO2S. The van der Waals surface area contributed by atoms with Crippen LogP contribution in [0.3, 0.4) is 0 Å². The van der Waals surface area contributed by atoms with Crippen LogP contribution in [0.1, 0.15) is 18.9 Å². The Morgan fingerprint density at radius 2 is 2.60 bits per heavy atom. The van der Waals surface area contributed by atoms with Gasteiger partial charge in [0.05, 0.1) is 6.10 Å². The van der Waals surface area contributed by atoms with E-state index < -0.39 is 5.60 Å². The van der Waals surface area contributed by atoms with E-state index in [2.05, 4.69) is 22.1 Å². The molecule has 1 saturated heterocycles. The second kappa shape index (κ2) is 4.61. The molecule has 2 heterocycles. The summed E-state index contributed by atoms with van der Waals surface area (Å²) in [5.41, 5.74) is 0.589. The lowest BCUT2D eigenvalue weighted by Crippen LogP contribution is -2.45. The van der Waals surface area contributed by atoms with Crippen molar-refractivity contribution in [3.63, 3.8) is 0 Å². The van der Waals surface area contributed by atoms with Gasteiger partial charge in [-0.2, -0.15) is 11.3 Å². The maximum atomic E-state index is 10.2. The van der Waals surface area contributed by atoms with E-state index in [9.17, 15) is 5.11 Å². The van der Waals surface area contributed by atoms with Crippen LogP contribution in [0.4, 0.5) is 0 Å². The van der Waals surface area contributed by atoms with Crippen LogP contribution < -0.4 is 5.32 Å². The van der Waals surface area contributed by atoms with Gasteiger partial charge in [-0.3, -0.25) is 0 Å². The van der Waals surface area contributed by atoms with Crippen molar-refractivity contribution >= 4 is 11.3 Å². The minimum absolute atomic E-state index is 0.0625. The van der Waals surface area contributed by atoms with Crippen LogP contribution in [0.25, 0.3) is 0 Å². The Morgan fingerprint density at radius 1 is 1.73 bits per heavy atom. The summed E-state index contributed by atoms with van der Waals surface area (Å²) in [7, 11) is 0. The van der Waals surface area contributed by atoms with E-state index in [-0.39, 0.29) is 6.10 Å². The third-order valence-corrected chi connectivity index (χ3v) is 3.73. The molecule has 2 atom stereocenters. The zero-order chi connectivity index (χ0) is 10.7. The molecule has 0 aromatic carbocycles. The molecule has 0 spiro atoms. The quantitative estimate of drug-likeness (QED) is 0.816. The molecular weight excluding hydrogens is 210 g/mol. The molecule has 3 nitrogen and oxygen atoms in total. The smallest absolute Gasteiger partial charge is 0.105 e. The summed E-state index contributed by atoms with van der Waals surface area (Å²) in [6.07, 6.45) is 0.664. The van der Waals surface area contributed by atoms with Crippen LogP contribution in [-0.4, -0.2) is 30.0 Å². The molecule has 0 amide bonds. The number of aliphatic hydroxyl groups is 1. The lowest BCUT2D eigenvalue weighted by atomic mass is 9.97. The number of hydrogen-bond acceptors (Lipinski definition) is 4. The molecule has 1 aromatic heterocycles.